The van der Waals surface area contributed by atoms with Crippen molar-refractivity contribution in [3.05, 3.63) is 101 Å². The van der Waals surface area contributed by atoms with Gasteiger partial charge >= 0.3 is 0 Å². The van der Waals surface area contributed by atoms with Crippen LogP contribution in [0.1, 0.15) is 41.1 Å². The predicted molar refractivity (Wildman–Crippen MR) is 137 cm³/mol. The van der Waals surface area contributed by atoms with E-state index in [9.17, 15) is 14.8 Å². The molecule has 0 saturated carbocycles. The summed E-state index contributed by atoms with van der Waals surface area (Å²) < 4.78 is 0. The van der Waals surface area contributed by atoms with Crippen LogP contribution in [-0.4, -0.2) is 29.4 Å². The maximum absolute atomic E-state index is 13.1. The lowest BCUT2D eigenvalue weighted by atomic mass is 9.99. The fourth-order valence-electron chi connectivity index (χ4n) is 4.41. The number of nitrogens with two attached hydrogens (primary N) is 1. The molecule has 1 amide bonds. The molecule has 0 fully saturated rings. The van der Waals surface area contributed by atoms with E-state index in [-0.39, 0.29) is 11.7 Å². The van der Waals surface area contributed by atoms with E-state index in [4.69, 9.17) is 11.1 Å². The number of aryl methyl sites for hydroxylation is 2. The largest absolute Gasteiger partial charge is 0.384 e. The highest BCUT2D eigenvalue weighted by Crippen LogP contribution is 2.34. The van der Waals surface area contributed by atoms with Crippen molar-refractivity contribution in [3.63, 3.8) is 0 Å². The second-order valence-corrected chi connectivity index (χ2v) is 8.56. The fourth-order valence-corrected chi connectivity index (χ4v) is 4.41. The third kappa shape index (κ3) is 5.49. The normalized spacial score (nSPS) is 13.3. The number of anilines is 2. The number of rotatable bonds is 8. The van der Waals surface area contributed by atoms with Crippen molar-refractivity contribution in [2.75, 3.05) is 16.5 Å². The second kappa shape index (κ2) is 10.8. The maximum atomic E-state index is 13.1. The Morgan fingerprint density at radius 1 is 1.14 bits per heavy atom. The zero-order chi connectivity index (χ0) is 24.8. The van der Waals surface area contributed by atoms with E-state index in [0.717, 1.165) is 40.3 Å². The summed E-state index contributed by atoms with van der Waals surface area (Å²) in [5.41, 5.74) is 10.3. The molecule has 3 aromatic carbocycles. The summed E-state index contributed by atoms with van der Waals surface area (Å²) in [5.74, 6) is 1.86. The average molecular weight is 469 g/mol. The maximum Gasteiger partial charge on any atom is 0.227 e. The molecule has 4 rings (SSSR count). The first kappa shape index (κ1) is 24.0. The Morgan fingerprint density at radius 3 is 2.57 bits per heavy atom. The number of amides is 1. The van der Waals surface area contributed by atoms with Gasteiger partial charge in [-0.05, 0) is 54.2 Å². The number of nitrogens with one attached hydrogen (secondary N) is 1. The summed E-state index contributed by atoms with van der Waals surface area (Å²) >= 11 is 0. The Labute approximate surface area is 204 Å². The summed E-state index contributed by atoms with van der Waals surface area (Å²) in [4.78, 5) is 26.0. The molecule has 7 heteroatoms. The Balaban J connectivity index is 1.49. The predicted octanol–water partition coefficient (Wildman–Crippen LogP) is 4.21. The zero-order valence-corrected chi connectivity index (χ0v) is 19.4. The van der Waals surface area contributed by atoms with E-state index < -0.39 is 6.04 Å². The van der Waals surface area contributed by atoms with E-state index in [1.807, 2.05) is 59.5 Å². The number of hydrogen-bond acceptors (Lipinski definition) is 5. The Morgan fingerprint density at radius 2 is 1.89 bits per heavy atom. The van der Waals surface area contributed by atoms with Gasteiger partial charge in [-0.15, -0.1) is 0 Å². The number of carbonyl (C=O) groups is 1. The van der Waals surface area contributed by atoms with Gasteiger partial charge in [0.15, 0.2) is 0 Å². The molecule has 0 spiro atoms. The number of hydrogen-bond donors (Lipinski definition) is 3. The number of nitrogens with zero attached hydrogens (tertiary/aromatic N) is 2. The van der Waals surface area contributed by atoms with E-state index in [0.29, 0.717) is 30.6 Å². The minimum absolute atomic E-state index is 0.0237. The highest BCUT2D eigenvalue weighted by molar-refractivity contribution is 5.95. The molecule has 1 aliphatic heterocycles. The highest BCUT2D eigenvalue weighted by Gasteiger charge is 2.24. The van der Waals surface area contributed by atoms with Gasteiger partial charge in [-0.25, -0.2) is 9.86 Å². The fraction of sp³-hybridized carbons (Fsp3) is 0.214. The molecular formula is C28H28N4O3. The first-order valence-electron chi connectivity index (χ1n) is 11.6. The van der Waals surface area contributed by atoms with Gasteiger partial charge in [0, 0.05) is 30.3 Å². The number of amidine groups is 1. The summed E-state index contributed by atoms with van der Waals surface area (Å²) in [6.45, 7) is 0.651. The second-order valence-electron chi connectivity index (χ2n) is 8.56. The van der Waals surface area contributed by atoms with Gasteiger partial charge in [-0.2, -0.15) is 0 Å². The molecule has 3 aromatic rings. The number of nitrogen functional groups attached to an aromatic ring is 1. The van der Waals surface area contributed by atoms with E-state index >= 15 is 0 Å². The molecule has 178 valence electrons. The first-order chi connectivity index (χ1) is 17.0. The van der Waals surface area contributed by atoms with Crippen molar-refractivity contribution < 1.29 is 14.8 Å². The topological polar surface area (TPSA) is 111 Å². The minimum Gasteiger partial charge on any atom is -0.384 e. The van der Waals surface area contributed by atoms with Crippen molar-refractivity contribution in [2.45, 2.75) is 31.7 Å². The molecule has 7 nitrogen and oxygen atoms in total. The van der Waals surface area contributed by atoms with Gasteiger partial charge in [0.25, 0.3) is 0 Å². The average Bonchev–Trinajstić information content (AvgIpc) is 2.90. The monoisotopic (exact) mass is 468 g/mol. The zero-order valence-electron chi connectivity index (χ0n) is 19.4. The van der Waals surface area contributed by atoms with Gasteiger partial charge in [0.05, 0.1) is 5.69 Å². The van der Waals surface area contributed by atoms with Crippen molar-refractivity contribution in [1.29, 1.82) is 5.41 Å². The van der Waals surface area contributed by atoms with Crippen LogP contribution in [-0.2, 0) is 22.4 Å². The molecule has 0 aliphatic carbocycles. The van der Waals surface area contributed by atoms with Crippen LogP contribution in [0.4, 0.5) is 11.4 Å². The SMILES string of the molecule is N=C(N)c1ccc(CCC(=O)N2CCCc3cc(N(O)C(C=C=O)c4ccccc4)ccc32)cc1. The number of hydroxylamine groups is 1. The highest BCUT2D eigenvalue weighted by atomic mass is 16.5. The van der Waals surface area contributed by atoms with Crippen molar-refractivity contribution in [3.8, 4) is 0 Å². The van der Waals surface area contributed by atoms with Crippen LogP contribution in [0.3, 0.4) is 0 Å². The molecule has 1 atom stereocenters. The van der Waals surface area contributed by atoms with Crippen molar-refractivity contribution in [1.82, 2.24) is 0 Å². The van der Waals surface area contributed by atoms with Crippen LogP contribution >= 0.6 is 0 Å². The number of carbonyl (C=O) groups excluding carboxylic acids is 2. The lowest BCUT2D eigenvalue weighted by Crippen LogP contribution is -2.35. The van der Waals surface area contributed by atoms with Crippen LogP contribution in [0.5, 0.6) is 0 Å². The standard InChI is InChI=1S/C28H28N4O3/c29-28(30)22-11-8-20(9-12-22)10-15-27(34)31-17-4-7-23-19-24(13-14-25(23)31)32(35)26(16-18-33)21-5-2-1-3-6-21/h1-3,5-6,8-9,11-14,16,19,26,35H,4,7,10,15,17H2,(H3,29,30). The molecular weight excluding hydrogens is 440 g/mol. The Bertz CT molecular complexity index is 1250. The van der Waals surface area contributed by atoms with Crippen molar-refractivity contribution in [2.24, 2.45) is 5.73 Å². The van der Waals surface area contributed by atoms with E-state index in [1.54, 1.807) is 24.1 Å². The molecule has 1 aliphatic rings. The van der Waals surface area contributed by atoms with Crippen LogP contribution in [0.15, 0.2) is 78.9 Å². The van der Waals surface area contributed by atoms with E-state index in [2.05, 4.69) is 0 Å². The Hall–Kier alpha value is -4.19. The van der Waals surface area contributed by atoms with Crippen LogP contribution < -0.4 is 15.7 Å². The van der Waals surface area contributed by atoms with Crippen molar-refractivity contribution >= 4 is 29.1 Å². The summed E-state index contributed by atoms with van der Waals surface area (Å²) in [6.07, 6.45) is 3.88. The molecule has 35 heavy (non-hydrogen) atoms. The molecule has 0 radical (unpaired) electrons. The lowest BCUT2D eigenvalue weighted by Gasteiger charge is -2.31. The molecule has 1 heterocycles. The Kier molecular flexibility index (Phi) is 7.41. The summed E-state index contributed by atoms with van der Waals surface area (Å²) in [7, 11) is 0. The smallest absolute Gasteiger partial charge is 0.227 e. The van der Waals surface area contributed by atoms with Gasteiger partial charge < -0.3 is 10.6 Å². The minimum atomic E-state index is -0.664. The van der Waals surface area contributed by atoms with Crippen LogP contribution in [0.2, 0.25) is 0 Å². The van der Waals surface area contributed by atoms with Gasteiger partial charge in [0.1, 0.15) is 17.8 Å². The van der Waals surface area contributed by atoms with E-state index in [1.165, 1.54) is 6.08 Å². The molecule has 0 bridgehead atoms. The molecule has 0 aromatic heterocycles. The van der Waals surface area contributed by atoms with Gasteiger partial charge in [0.2, 0.25) is 5.91 Å². The molecule has 1 unspecified atom stereocenters. The molecule has 0 saturated heterocycles. The quantitative estimate of drug-likeness (QED) is 0.199. The summed E-state index contributed by atoms with van der Waals surface area (Å²) in [6, 6.07) is 21.5. The lowest BCUT2D eigenvalue weighted by molar-refractivity contribution is -0.118. The third-order valence-corrected chi connectivity index (χ3v) is 6.27. The number of benzene rings is 3. The number of fused-ring (bicyclic) bond motifs is 1. The third-order valence-electron chi connectivity index (χ3n) is 6.27. The van der Waals surface area contributed by atoms with Gasteiger partial charge in [-0.1, -0.05) is 54.6 Å². The van der Waals surface area contributed by atoms with Gasteiger partial charge in [-0.3, -0.25) is 15.4 Å². The van der Waals surface area contributed by atoms with Crippen LogP contribution in [0.25, 0.3) is 0 Å². The first-order valence-corrected chi connectivity index (χ1v) is 11.6. The summed E-state index contributed by atoms with van der Waals surface area (Å²) in [5, 5.41) is 19.5. The van der Waals surface area contributed by atoms with Crippen LogP contribution in [0, 0.1) is 5.41 Å². The molecule has 4 N–H and O–H groups in total.